The molecule has 0 radical (unpaired) electrons. The first-order valence-electron chi connectivity index (χ1n) is 8.02. The summed E-state index contributed by atoms with van der Waals surface area (Å²) in [4.78, 5) is 35.2. The van der Waals surface area contributed by atoms with Crippen molar-refractivity contribution in [3.8, 4) is 0 Å². The minimum Gasteiger partial charge on any atom is -0.359 e. The predicted octanol–water partition coefficient (Wildman–Crippen LogP) is 1.27. The number of rotatable bonds is 6. The lowest BCUT2D eigenvalue weighted by Gasteiger charge is -2.30. The van der Waals surface area contributed by atoms with Gasteiger partial charge < -0.3 is 16.0 Å². The topological polar surface area (TPSA) is 99.3 Å². The van der Waals surface area contributed by atoms with Gasteiger partial charge in [-0.05, 0) is 12.1 Å². The van der Waals surface area contributed by atoms with Crippen LogP contribution in [0.4, 0.5) is 18.9 Å². The number of nitrogens with one attached hydrogen (secondary N) is 4. The van der Waals surface area contributed by atoms with Crippen LogP contribution in [0.3, 0.4) is 0 Å². The largest absolute Gasteiger partial charge is 0.418 e. The van der Waals surface area contributed by atoms with E-state index in [4.69, 9.17) is 0 Å². The van der Waals surface area contributed by atoms with Crippen molar-refractivity contribution in [3.05, 3.63) is 29.8 Å². The lowest BCUT2D eigenvalue weighted by Crippen LogP contribution is -2.55. The molecule has 0 aromatic heterocycles. The molecule has 27 heavy (non-hydrogen) atoms. The highest BCUT2D eigenvalue weighted by atomic mass is 32.2. The van der Waals surface area contributed by atoms with E-state index in [1.54, 1.807) is 0 Å². The molecule has 1 aliphatic heterocycles. The van der Waals surface area contributed by atoms with Crippen LogP contribution in [0.1, 0.15) is 18.4 Å². The van der Waals surface area contributed by atoms with Crippen LogP contribution in [0, 0.1) is 0 Å². The molecule has 148 valence electrons. The third-order valence-corrected chi connectivity index (χ3v) is 4.73. The monoisotopic (exact) mass is 404 g/mol. The van der Waals surface area contributed by atoms with E-state index in [0.29, 0.717) is 0 Å². The molecular weight excluding hydrogens is 385 g/mol. The number of para-hydroxylation sites is 1. The predicted molar refractivity (Wildman–Crippen MR) is 94.7 cm³/mol. The van der Waals surface area contributed by atoms with E-state index >= 15 is 0 Å². The molecule has 1 aromatic rings. The second-order valence-corrected chi connectivity index (χ2v) is 6.89. The SMILES string of the molecule is CNC(=O)CC1CC(=O)NC(SCC(=O)Nc2ccccc2C(F)(F)F)N1. The third-order valence-electron chi connectivity index (χ3n) is 3.71. The van der Waals surface area contributed by atoms with Gasteiger partial charge in [0.05, 0.1) is 17.0 Å². The van der Waals surface area contributed by atoms with Crippen molar-refractivity contribution in [2.75, 3.05) is 18.1 Å². The van der Waals surface area contributed by atoms with E-state index in [-0.39, 0.29) is 42.1 Å². The first kappa shape index (κ1) is 21.0. The fourth-order valence-corrected chi connectivity index (χ4v) is 3.37. The van der Waals surface area contributed by atoms with E-state index in [9.17, 15) is 27.6 Å². The van der Waals surface area contributed by atoms with Crippen molar-refractivity contribution < 1.29 is 27.6 Å². The first-order valence-corrected chi connectivity index (χ1v) is 9.07. The number of halogens is 3. The highest BCUT2D eigenvalue weighted by Crippen LogP contribution is 2.34. The van der Waals surface area contributed by atoms with E-state index in [0.717, 1.165) is 17.8 Å². The van der Waals surface area contributed by atoms with Crippen molar-refractivity contribution in [2.45, 2.75) is 30.6 Å². The maximum Gasteiger partial charge on any atom is 0.418 e. The van der Waals surface area contributed by atoms with Crippen LogP contribution in [0.5, 0.6) is 0 Å². The molecule has 1 aromatic carbocycles. The lowest BCUT2D eigenvalue weighted by atomic mass is 10.1. The number of amides is 3. The van der Waals surface area contributed by atoms with Gasteiger partial charge in [0.2, 0.25) is 17.7 Å². The summed E-state index contributed by atoms with van der Waals surface area (Å²) in [6, 6.07) is 4.30. The van der Waals surface area contributed by atoms with Crippen molar-refractivity contribution >= 4 is 35.2 Å². The Bertz CT molecular complexity index is 714. The number of carbonyl (C=O) groups is 3. The molecule has 2 rings (SSSR count). The lowest BCUT2D eigenvalue weighted by molar-refractivity contribution is -0.137. The molecule has 2 atom stereocenters. The number of hydrogen-bond donors (Lipinski definition) is 4. The van der Waals surface area contributed by atoms with Crippen LogP contribution in [0.25, 0.3) is 0 Å². The van der Waals surface area contributed by atoms with Gasteiger partial charge in [0, 0.05) is 25.9 Å². The molecular formula is C16H19F3N4O3S. The summed E-state index contributed by atoms with van der Waals surface area (Å²) < 4.78 is 38.8. The second-order valence-electron chi connectivity index (χ2n) is 5.80. The van der Waals surface area contributed by atoms with Crippen molar-refractivity contribution in [2.24, 2.45) is 0 Å². The zero-order chi connectivity index (χ0) is 20.0. The van der Waals surface area contributed by atoms with Crippen LogP contribution in [0.2, 0.25) is 0 Å². The summed E-state index contributed by atoms with van der Waals surface area (Å²) >= 11 is 1.01. The maximum absolute atomic E-state index is 12.9. The number of thioether (sulfide) groups is 1. The Morgan fingerprint density at radius 3 is 2.63 bits per heavy atom. The molecule has 0 saturated carbocycles. The normalized spacial score (nSPS) is 19.9. The molecule has 7 nitrogen and oxygen atoms in total. The Morgan fingerprint density at radius 1 is 1.26 bits per heavy atom. The van der Waals surface area contributed by atoms with E-state index in [1.807, 2.05) is 0 Å². The summed E-state index contributed by atoms with van der Waals surface area (Å²) in [5, 5.41) is 10.3. The smallest absolute Gasteiger partial charge is 0.359 e. The Morgan fingerprint density at radius 2 is 1.96 bits per heavy atom. The fourth-order valence-electron chi connectivity index (χ4n) is 2.47. The third kappa shape index (κ3) is 6.43. The maximum atomic E-state index is 12.9. The quantitative estimate of drug-likeness (QED) is 0.573. The molecule has 1 heterocycles. The van der Waals surface area contributed by atoms with E-state index in [1.165, 1.54) is 25.2 Å². The van der Waals surface area contributed by atoms with Crippen LogP contribution in [0.15, 0.2) is 24.3 Å². The average Bonchev–Trinajstić information content (AvgIpc) is 2.59. The van der Waals surface area contributed by atoms with Gasteiger partial charge in [-0.1, -0.05) is 12.1 Å². The number of anilines is 1. The van der Waals surface area contributed by atoms with Gasteiger partial charge in [0.1, 0.15) is 5.50 Å². The second kappa shape index (κ2) is 9.09. The Labute approximate surface area is 157 Å². The molecule has 1 fully saturated rings. The molecule has 0 aliphatic carbocycles. The van der Waals surface area contributed by atoms with Crippen molar-refractivity contribution in [1.82, 2.24) is 16.0 Å². The molecule has 4 N–H and O–H groups in total. The van der Waals surface area contributed by atoms with E-state index in [2.05, 4.69) is 21.3 Å². The van der Waals surface area contributed by atoms with Gasteiger partial charge >= 0.3 is 6.18 Å². The molecule has 3 amide bonds. The minimum atomic E-state index is -4.58. The van der Waals surface area contributed by atoms with Gasteiger partial charge in [-0.3, -0.25) is 19.7 Å². The molecule has 0 bridgehead atoms. The fraction of sp³-hybridized carbons (Fsp3) is 0.438. The van der Waals surface area contributed by atoms with E-state index < -0.39 is 23.1 Å². The van der Waals surface area contributed by atoms with Gasteiger partial charge in [0.25, 0.3) is 0 Å². The van der Waals surface area contributed by atoms with Crippen molar-refractivity contribution in [3.63, 3.8) is 0 Å². The summed E-state index contributed by atoms with van der Waals surface area (Å²) in [7, 11) is 1.49. The summed E-state index contributed by atoms with van der Waals surface area (Å²) in [6.45, 7) is 0. The van der Waals surface area contributed by atoms with Crippen LogP contribution in [-0.4, -0.2) is 42.1 Å². The summed E-state index contributed by atoms with van der Waals surface area (Å²) in [6.07, 6.45) is -4.36. The molecule has 11 heteroatoms. The zero-order valence-electron chi connectivity index (χ0n) is 14.4. The summed E-state index contributed by atoms with van der Waals surface area (Å²) in [5.74, 6) is -1.33. The number of benzene rings is 1. The van der Waals surface area contributed by atoms with Crippen LogP contribution >= 0.6 is 11.8 Å². The van der Waals surface area contributed by atoms with Crippen molar-refractivity contribution in [1.29, 1.82) is 0 Å². The minimum absolute atomic E-state index is 0.103. The zero-order valence-corrected chi connectivity index (χ0v) is 15.2. The summed E-state index contributed by atoms with van der Waals surface area (Å²) in [5.41, 5.74) is -1.88. The standard InChI is InChI=1S/C16H19F3N4O3S/c1-20-12(24)6-9-7-13(25)23-15(21-9)27-8-14(26)22-11-5-3-2-4-10(11)16(17,18)19/h2-5,9,15,21H,6-8H2,1H3,(H,20,24)(H,22,26)(H,23,25). The Kier molecular flexibility index (Phi) is 7.08. The van der Waals surface area contributed by atoms with Crippen LogP contribution in [-0.2, 0) is 20.6 Å². The number of alkyl halides is 3. The number of hydrogen-bond acceptors (Lipinski definition) is 5. The molecule has 2 unspecified atom stereocenters. The number of carbonyl (C=O) groups excluding carboxylic acids is 3. The molecule has 0 spiro atoms. The molecule has 1 aliphatic rings. The average molecular weight is 404 g/mol. The van der Waals surface area contributed by atoms with Gasteiger partial charge in [-0.15, -0.1) is 11.8 Å². The van der Waals surface area contributed by atoms with Gasteiger partial charge in [-0.25, -0.2) is 0 Å². The highest BCUT2D eigenvalue weighted by molar-refractivity contribution is 8.00. The highest BCUT2D eigenvalue weighted by Gasteiger charge is 2.33. The van der Waals surface area contributed by atoms with Gasteiger partial charge in [-0.2, -0.15) is 13.2 Å². The Hall–Kier alpha value is -2.27. The first-order chi connectivity index (χ1) is 12.7. The molecule has 1 saturated heterocycles. The van der Waals surface area contributed by atoms with Gasteiger partial charge in [0.15, 0.2) is 0 Å². The van der Waals surface area contributed by atoms with Crippen LogP contribution < -0.4 is 21.3 Å². The Balaban J connectivity index is 1.90.